The third-order valence-corrected chi connectivity index (χ3v) is 5.06. The molecule has 0 spiro atoms. The zero-order valence-corrected chi connectivity index (χ0v) is 12.0. The Hall–Kier alpha value is -0.0400. The van der Waals surface area contributed by atoms with E-state index in [1.165, 1.54) is 51.4 Å². The Balaban J connectivity index is 1.85. The standard InChI is InChI=1S/C16H31N/c1-4-14-7-5-6-8-16(14)17-15-10-12(2)9-13(3)11-15/h12-17H,4-11H2,1-3H3. The summed E-state index contributed by atoms with van der Waals surface area (Å²) in [5, 5.41) is 4.02. The largest absolute Gasteiger partial charge is 0.311 e. The Labute approximate surface area is 108 Å². The first-order chi connectivity index (χ1) is 8.19. The molecule has 2 fully saturated rings. The van der Waals surface area contributed by atoms with E-state index in [4.69, 9.17) is 0 Å². The van der Waals surface area contributed by atoms with Crippen LogP contribution in [0.3, 0.4) is 0 Å². The van der Waals surface area contributed by atoms with Gasteiger partial charge in [-0.2, -0.15) is 0 Å². The van der Waals surface area contributed by atoms with Crippen molar-refractivity contribution >= 4 is 0 Å². The highest BCUT2D eigenvalue weighted by Gasteiger charge is 2.29. The second kappa shape index (κ2) is 6.22. The maximum absolute atomic E-state index is 4.02. The molecule has 2 aliphatic carbocycles. The minimum Gasteiger partial charge on any atom is -0.311 e. The van der Waals surface area contributed by atoms with Crippen molar-refractivity contribution in [3.05, 3.63) is 0 Å². The molecule has 0 aromatic rings. The molecule has 0 bridgehead atoms. The highest BCUT2D eigenvalue weighted by molar-refractivity contribution is 4.87. The Morgan fingerprint density at radius 3 is 2.24 bits per heavy atom. The molecular formula is C16H31N. The van der Waals surface area contributed by atoms with Gasteiger partial charge in [0, 0.05) is 12.1 Å². The van der Waals surface area contributed by atoms with Crippen molar-refractivity contribution < 1.29 is 0 Å². The molecule has 0 heterocycles. The molecule has 1 heteroatoms. The number of hydrogen-bond donors (Lipinski definition) is 1. The topological polar surface area (TPSA) is 12.0 Å². The van der Waals surface area contributed by atoms with Gasteiger partial charge in [-0.3, -0.25) is 0 Å². The third kappa shape index (κ3) is 3.71. The lowest BCUT2D eigenvalue weighted by Gasteiger charge is -2.39. The van der Waals surface area contributed by atoms with E-state index in [1.54, 1.807) is 0 Å². The van der Waals surface area contributed by atoms with Crippen molar-refractivity contribution in [1.29, 1.82) is 0 Å². The van der Waals surface area contributed by atoms with Crippen LogP contribution < -0.4 is 5.32 Å². The summed E-state index contributed by atoms with van der Waals surface area (Å²) in [4.78, 5) is 0. The number of nitrogens with one attached hydrogen (secondary N) is 1. The van der Waals surface area contributed by atoms with Crippen LogP contribution in [0.25, 0.3) is 0 Å². The second-order valence-electron chi connectivity index (χ2n) is 6.84. The Kier molecular flexibility index (Phi) is 4.90. The molecule has 2 aliphatic rings. The number of rotatable bonds is 3. The van der Waals surface area contributed by atoms with Crippen LogP contribution in [0.2, 0.25) is 0 Å². The van der Waals surface area contributed by atoms with Gasteiger partial charge in [0.05, 0.1) is 0 Å². The van der Waals surface area contributed by atoms with Gasteiger partial charge in [0.15, 0.2) is 0 Å². The quantitative estimate of drug-likeness (QED) is 0.768. The Morgan fingerprint density at radius 1 is 0.941 bits per heavy atom. The first-order valence-electron chi connectivity index (χ1n) is 7.95. The van der Waals surface area contributed by atoms with E-state index < -0.39 is 0 Å². The molecule has 0 saturated heterocycles. The number of hydrogen-bond acceptors (Lipinski definition) is 1. The van der Waals surface area contributed by atoms with Gasteiger partial charge < -0.3 is 5.32 Å². The second-order valence-corrected chi connectivity index (χ2v) is 6.84. The first-order valence-corrected chi connectivity index (χ1v) is 7.95. The molecular weight excluding hydrogens is 206 g/mol. The predicted octanol–water partition coefficient (Wildman–Crippen LogP) is 4.37. The van der Waals surface area contributed by atoms with Crippen LogP contribution in [-0.4, -0.2) is 12.1 Å². The van der Waals surface area contributed by atoms with E-state index in [0.29, 0.717) is 0 Å². The molecule has 4 unspecified atom stereocenters. The van der Waals surface area contributed by atoms with E-state index in [2.05, 4.69) is 26.1 Å². The smallest absolute Gasteiger partial charge is 0.00978 e. The molecule has 17 heavy (non-hydrogen) atoms. The van der Waals surface area contributed by atoms with Crippen LogP contribution in [0.1, 0.15) is 72.1 Å². The average Bonchev–Trinajstić information content (AvgIpc) is 2.28. The first kappa shape index (κ1) is 13.4. The average molecular weight is 237 g/mol. The van der Waals surface area contributed by atoms with Crippen molar-refractivity contribution in [1.82, 2.24) is 5.32 Å². The lowest BCUT2D eigenvalue weighted by Crippen LogP contribution is -2.46. The van der Waals surface area contributed by atoms with E-state index >= 15 is 0 Å². The van der Waals surface area contributed by atoms with Gasteiger partial charge in [-0.05, 0) is 49.9 Å². The highest BCUT2D eigenvalue weighted by Crippen LogP contribution is 2.32. The normalized spacial score (nSPS) is 43.6. The zero-order valence-electron chi connectivity index (χ0n) is 12.0. The molecule has 2 saturated carbocycles. The fraction of sp³-hybridized carbons (Fsp3) is 1.00. The summed E-state index contributed by atoms with van der Waals surface area (Å²) in [7, 11) is 0. The zero-order chi connectivity index (χ0) is 12.3. The van der Waals surface area contributed by atoms with Crippen LogP contribution >= 0.6 is 0 Å². The van der Waals surface area contributed by atoms with Crippen LogP contribution in [0, 0.1) is 17.8 Å². The lowest BCUT2D eigenvalue weighted by molar-refractivity contribution is 0.179. The van der Waals surface area contributed by atoms with Gasteiger partial charge in [-0.15, -0.1) is 0 Å². The summed E-state index contributed by atoms with van der Waals surface area (Å²) in [5.74, 6) is 2.82. The fourth-order valence-corrected chi connectivity index (χ4v) is 4.30. The van der Waals surface area contributed by atoms with E-state index in [-0.39, 0.29) is 0 Å². The van der Waals surface area contributed by atoms with Crippen molar-refractivity contribution in [3.8, 4) is 0 Å². The maximum Gasteiger partial charge on any atom is 0.00978 e. The molecule has 1 nitrogen and oxygen atoms in total. The monoisotopic (exact) mass is 237 g/mol. The minimum absolute atomic E-state index is 0.811. The molecule has 0 amide bonds. The minimum atomic E-state index is 0.811. The van der Waals surface area contributed by atoms with Crippen LogP contribution in [0.5, 0.6) is 0 Å². The van der Waals surface area contributed by atoms with Crippen molar-refractivity contribution in [2.24, 2.45) is 17.8 Å². The predicted molar refractivity (Wildman–Crippen MR) is 75.1 cm³/mol. The lowest BCUT2D eigenvalue weighted by atomic mass is 9.78. The molecule has 1 N–H and O–H groups in total. The third-order valence-electron chi connectivity index (χ3n) is 5.06. The van der Waals surface area contributed by atoms with E-state index in [1.807, 2.05) is 0 Å². The van der Waals surface area contributed by atoms with Gasteiger partial charge >= 0.3 is 0 Å². The molecule has 2 rings (SSSR count). The van der Waals surface area contributed by atoms with Crippen molar-refractivity contribution in [2.45, 2.75) is 84.2 Å². The van der Waals surface area contributed by atoms with Gasteiger partial charge in [0.1, 0.15) is 0 Å². The van der Waals surface area contributed by atoms with Crippen LogP contribution in [0.15, 0.2) is 0 Å². The van der Waals surface area contributed by atoms with Gasteiger partial charge in [-0.25, -0.2) is 0 Å². The fourth-order valence-electron chi connectivity index (χ4n) is 4.30. The summed E-state index contributed by atoms with van der Waals surface area (Å²) < 4.78 is 0. The summed E-state index contributed by atoms with van der Waals surface area (Å²) in [6, 6.07) is 1.64. The highest BCUT2D eigenvalue weighted by atomic mass is 15.0. The van der Waals surface area contributed by atoms with Crippen LogP contribution in [0.4, 0.5) is 0 Å². The molecule has 4 atom stereocenters. The van der Waals surface area contributed by atoms with Crippen molar-refractivity contribution in [2.75, 3.05) is 0 Å². The Bertz CT molecular complexity index is 216. The summed E-state index contributed by atoms with van der Waals surface area (Å²) in [6.45, 7) is 7.24. The summed E-state index contributed by atoms with van der Waals surface area (Å²) in [6.07, 6.45) is 11.5. The molecule has 0 aliphatic heterocycles. The maximum atomic E-state index is 4.02. The summed E-state index contributed by atoms with van der Waals surface area (Å²) >= 11 is 0. The van der Waals surface area contributed by atoms with E-state index in [0.717, 1.165) is 29.8 Å². The van der Waals surface area contributed by atoms with Crippen molar-refractivity contribution in [3.63, 3.8) is 0 Å². The van der Waals surface area contributed by atoms with Crippen LogP contribution in [-0.2, 0) is 0 Å². The Morgan fingerprint density at radius 2 is 1.59 bits per heavy atom. The van der Waals surface area contributed by atoms with Gasteiger partial charge in [0.25, 0.3) is 0 Å². The van der Waals surface area contributed by atoms with Gasteiger partial charge in [0.2, 0.25) is 0 Å². The van der Waals surface area contributed by atoms with E-state index in [9.17, 15) is 0 Å². The molecule has 0 aromatic heterocycles. The molecule has 0 aromatic carbocycles. The summed E-state index contributed by atoms with van der Waals surface area (Å²) in [5.41, 5.74) is 0. The SMILES string of the molecule is CCC1CCCCC1NC1CC(C)CC(C)C1. The molecule has 0 radical (unpaired) electrons. The molecule has 100 valence electrons. The van der Waals surface area contributed by atoms with Gasteiger partial charge in [-0.1, -0.05) is 40.0 Å².